The number of nitrogens with one attached hydrogen (secondary N) is 1. The number of hydrogen-bond acceptors (Lipinski definition) is 7. The molecule has 178 valence electrons. The average Bonchev–Trinajstić information content (AvgIpc) is 2.76. The molecule has 0 saturated heterocycles. The van der Waals surface area contributed by atoms with Crippen LogP contribution in [0.5, 0.6) is 0 Å². The Morgan fingerprint density at radius 1 is 1.06 bits per heavy atom. The lowest BCUT2D eigenvalue weighted by Crippen LogP contribution is -2.18. The van der Waals surface area contributed by atoms with Gasteiger partial charge in [-0.3, -0.25) is 9.59 Å². The number of nitrogens with zero attached hydrogens (tertiary/aromatic N) is 3. The van der Waals surface area contributed by atoms with Crippen molar-refractivity contribution < 1.29 is 23.1 Å². The molecule has 3 aromatic rings. The summed E-state index contributed by atoms with van der Waals surface area (Å²) in [4.78, 5) is 33.9. The van der Waals surface area contributed by atoms with Gasteiger partial charge in [-0.15, -0.1) is 0 Å². The number of carboxylic acids is 1. The van der Waals surface area contributed by atoms with Crippen LogP contribution >= 0.6 is 11.6 Å². The van der Waals surface area contributed by atoms with E-state index in [9.17, 15) is 18.0 Å². The van der Waals surface area contributed by atoms with Gasteiger partial charge in [0.2, 0.25) is 10.0 Å². The molecule has 0 unspecified atom stereocenters. The summed E-state index contributed by atoms with van der Waals surface area (Å²) in [6, 6.07) is 12.3. The number of aromatic nitrogens is 2. The Morgan fingerprint density at radius 3 is 2.21 bits per heavy atom. The van der Waals surface area contributed by atoms with Crippen molar-refractivity contribution in [3.05, 3.63) is 76.2 Å². The first kappa shape index (κ1) is 25.1. The van der Waals surface area contributed by atoms with Crippen molar-refractivity contribution in [3.8, 4) is 0 Å². The maximum Gasteiger partial charge on any atom is 0.308 e. The van der Waals surface area contributed by atoms with E-state index in [1.807, 2.05) is 0 Å². The number of rotatable bonds is 8. The number of halogens is 1. The molecule has 0 bridgehead atoms. The highest BCUT2D eigenvalue weighted by Gasteiger charge is 2.18. The molecule has 0 atom stereocenters. The predicted octanol–water partition coefficient (Wildman–Crippen LogP) is 2.31. The highest BCUT2D eigenvalue weighted by molar-refractivity contribution is 7.89. The second-order valence-corrected chi connectivity index (χ2v) is 9.51. The molecule has 34 heavy (non-hydrogen) atoms. The number of aliphatic carboxylic acids is 1. The molecule has 1 amide bonds. The summed E-state index contributed by atoms with van der Waals surface area (Å²) in [5.41, 5.74) is 2.01. The zero-order chi connectivity index (χ0) is 25.0. The molecule has 10 nitrogen and oxygen atoms in total. The maximum absolute atomic E-state index is 12.4. The zero-order valence-corrected chi connectivity index (χ0v) is 19.9. The Hall–Kier alpha value is -3.54. The summed E-state index contributed by atoms with van der Waals surface area (Å²) in [7, 11) is -0.344. The van der Waals surface area contributed by atoms with Crippen molar-refractivity contribution in [2.24, 2.45) is 5.14 Å². The summed E-state index contributed by atoms with van der Waals surface area (Å²) in [6.07, 6.45) is 0.0585. The highest BCUT2D eigenvalue weighted by atomic mass is 35.5. The van der Waals surface area contributed by atoms with E-state index in [1.165, 1.54) is 24.3 Å². The Labute approximate surface area is 201 Å². The van der Waals surface area contributed by atoms with Crippen molar-refractivity contribution in [2.75, 3.05) is 24.3 Å². The van der Waals surface area contributed by atoms with Crippen molar-refractivity contribution in [1.29, 1.82) is 0 Å². The lowest BCUT2D eigenvalue weighted by atomic mass is 10.1. The molecule has 4 N–H and O–H groups in total. The number of benzene rings is 2. The topological polar surface area (TPSA) is 156 Å². The van der Waals surface area contributed by atoms with Gasteiger partial charge in [-0.05, 0) is 42.0 Å². The number of anilines is 2. The minimum absolute atomic E-state index is 0.0795. The molecule has 3 rings (SSSR count). The van der Waals surface area contributed by atoms with Crippen LogP contribution in [0, 0.1) is 0 Å². The second-order valence-electron chi connectivity index (χ2n) is 7.59. The van der Waals surface area contributed by atoms with E-state index in [0.717, 1.165) is 5.56 Å². The zero-order valence-electron chi connectivity index (χ0n) is 18.3. The van der Waals surface area contributed by atoms with Gasteiger partial charge in [-0.2, -0.15) is 0 Å². The molecular weight excluding hydrogens is 482 g/mol. The van der Waals surface area contributed by atoms with Gasteiger partial charge in [-0.25, -0.2) is 23.5 Å². The summed E-state index contributed by atoms with van der Waals surface area (Å²) in [5, 5.41) is 17.0. The summed E-state index contributed by atoms with van der Waals surface area (Å²) < 4.78 is 22.7. The standard InChI is InChI=1S/C22H22ClN5O5S/c1-28(2)21-17(12-19(29)30)20(23)26-18(27-21)11-13-3-7-15(8-4-13)25-22(31)14-5-9-16(10-6-14)34(24,32)33/h3-10H,11-12H2,1-2H3,(H,25,31)(H,29,30)(H2,24,32,33). The largest absolute Gasteiger partial charge is 0.481 e. The third-order valence-electron chi connectivity index (χ3n) is 4.75. The monoisotopic (exact) mass is 503 g/mol. The number of sulfonamides is 1. The average molecular weight is 504 g/mol. The van der Waals surface area contributed by atoms with Crippen LogP contribution in [0.25, 0.3) is 0 Å². The summed E-state index contributed by atoms with van der Waals surface area (Å²) >= 11 is 6.24. The van der Waals surface area contributed by atoms with Crippen LogP contribution in [0.2, 0.25) is 5.15 Å². The summed E-state index contributed by atoms with van der Waals surface area (Å²) in [5.74, 6) is -0.572. The van der Waals surface area contributed by atoms with Gasteiger partial charge >= 0.3 is 5.97 Å². The molecule has 0 aliphatic rings. The Balaban J connectivity index is 1.72. The lowest BCUT2D eigenvalue weighted by molar-refractivity contribution is -0.136. The van der Waals surface area contributed by atoms with Gasteiger partial charge < -0.3 is 15.3 Å². The van der Waals surface area contributed by atoms with Crippen LogP contribution in [0.1, 0.15) is 27.3 Å². The molecule has 1 aromatic heterocycles. The number of primary sulfonamides is 1. The lowest BCUT2D eigenvalue weighted by Gasteiger charge is -2.17. The molecule has 0 spiro atoms. The van der Waals surface area contributed by atoms with E-state index in [2.05, 4.69) is 15.3 Å². The third-order valence-corrected chi connectivity index (χ3v) is 5.99. The van der Waals surface area contributed by atoms with Crippen molar-refractivity contribution in [3.63, 3.8) is 0 Å². The van der Waals surface area contributed by atoms with Gasteiger partial charge in [0.25, 0.3) is 5.91 Å². The Bertz CT molecular complexity index is 1330. The number of nitrogens with two attached hydrogens (primary N) is 1. The number of carbonyl (C=O) groups is 2. The smallest absolute Gasteiger partial charge is 0.308 e. The van der Waals surface area contributed by atoms with Crippen LogP contribution < -0.4 is 15.4 Å². The molecule has 12 heteroatoms. The first-order valence-corrected chi connectivity index (χ1v) is 11.8. The molecule has 0 saturated carbocycles. The number of amides is 1. The van der Waals surface area contributed by atoms with Crippen molar-refractivity contribution in [1.82, 2.24) is 9.97 Å². The van der Waals surface area contributed by atoms with E-state index >= 15 is 0 Å². The Morgan fingerprint density at radius 2 is 1.68 bits per heavy atom. The SMILES string of the molecule is CN(C)c1nc(Cc2ccc(NC(=O)c3ccc(S(N)(=O)=O)cc3)cc2)nc(Cl)c1CC(=O)O. The van der Waals surface area contributed by atoms with Crippen molar-refractivity contribution in [2.45, 2.75) is 17.7 Å². The van der Waals surface area contributed by atoms with E-state index < -0.39 is 21.9 Å². The van der Waals surface area contributed by atoms with Gasteiger partial charge in [0.1, 0.15) is 16.8 Å². The fourth-order valence-electron chi connectivity index (χ4n) is 3.13. The first-order chi connectivity index (χ1) is 15.9. The fourth-order valence-corrected chi connectivity index (χ4v) is 3.89. The normalized spacial score (nSPS) is 11.2. The number of carbonyl (C=O) groups excluding carboxylic acids is 1. The van der Waals surface area contributed by atoms with Gasteiger partial charge in [0, 0.05) is 37.3 Å². The van der Waals surface area contributed by atoms with Gasteiger partial charge in [-0.1, -0.05) is 23.7 Å². The number of hydrogen-bond donors (Lipinski definition) is 3. The minimum atomic E-state index is -3.83. The van der Waals surface area contributed by atoms with Crippen LogP contribution in [0.15, 0.2) is 53.4 Å². The second kappa shape index (κ2) is 10.2. The quantitative estimate of drug-likeness (QED) is 0.395. The van der Waals surface area contributed by atoms with Crippen LogP contribution in [-0.2, 0) is 27.7 Å². The van der Waals surface area contributed by atoms with Crippen LogP contribution in [0.3, 0.4) is 0 Å². The minimum Gasteiger partial charge on any atom is -0.481 e. The molecule has 0 fully saturated rings. The molecule has 0 aliphatic carbocycles. The molecular formula is C22H22ClN5O5S. The van der Waals surface area contributed by atoms with E-state index in [1.54, 1.807) is 43.3 Å². The highest BCUT2D eigenvalue weighted by Crippen LogP contribution is 2.25. The van der Waals surface area contributed by atoms with E-state index in [4.69, 9.17) is 21.8 Å². The van der Waals surface area contributed by atoms with Crippen LogP contribution in [0.4, 0.5) is 11.5 Å². The fraction of sp³-hybridized carbons (Fsp3) is 0.182. The van der Waals surface area contributed by atoms with E-state index in [0.29, 0.717) is 29.3 Å². The molecule has 0 aliphatic heterocycles. The van der Waals surface area contributed by atoms with Gasteiger partial charge in [0.05, 0.1) is 11.3 Å². The maximum atomic E-state index is 12.4. The molecule has 2 aromatic carbocycles. The predicted molar refractivity (Wildman–Crippen MR) is 128 cm³/mol. The molecule has 1 heterocycles. The first-order valence-electron chi connectivity index (χ1n) is 9.91. The summed E-state index contributed by atoms with van der Waals surface area (Å²) in [6.45, 7) is 0. The van der Waals surface area contributed by atoms with Crippen LogP contribution in [-0.4, -0.2) is 49.5 Å². The van der Waals surface area contributed by atoms with Gasteiger partial charge in [0.15, 0.2) is 0 Å². The molecule has 0 radical (unpaired) electrons. The third kappa shape index (κ3) is 6.28. The van der Waals surface area contributed by atoms with Crippen molar-refractivity contribution >= 4 is 45.0 Å². The van der Waals surface area contributed by atoms with E-state index in [-0.39, 0.29) is 22.0 Å². The Kier molecular flexibility index (Phi) is 7.50. The number of carboxylic acid groups (broad SMARTS) is 1.